The molecule has 0 bridgehead atoms. The predicted molar refractivity (Wildman–Crippen MR) is 69.8 cm³/mol. The normalized spacial score (nSPS) is 9.74. The van der Waals surface area contributed by atoms with Gasteiger partial charge >= 0.3 is 5.97 Å². The lowest BCUT2D eigenvalue weighted by Gasteiger charge is -2.06. The van der Waals surface area contributed by atoms with Crippen molar-refractivity contribution >= 4 is 22.8 Å². The molecule has 2 aromatic rings. The Bertz CT molecular complexity index is 674. The number of benzene rings is 1. The second-order valence-electron chi connectivity index (χ2n) is 3.58. The number of anilines is 1. The van der Waals surface area contributed by atoms with E-state index in [0.29, 0.717) is 11.0 Å². The fraction of sp³-hybridized carbons (Fsp3) is 0.154. The van der Waals surface area contributed by atoms with E-state index in [1.165, 1.54) is 0 Å². The highest BCUT2D eigenvalue weighted by atomic mass is 16.4. The maximum Gasteiger partial charge on any atom is 0.358 e. The number of para-hydroxylation sites is 2. The summed E-state index contributed by atoms with van der Waals surface area (Å²) in [4.78, 5) is 19.4. The summed E-state index contributed by atoms with van der Waals surface area (Å²) in [5.41, 5.74) is 0.974. The van der Waals surface area contributed by atoms with Crippen LogP contribution in [0.5, 0.6) is 0 Å². The van der Waals surface area contributed by atoms with Crippen molar-refractivity contribution in [3.05, 3.63) is 30.0 Å². The van der Waals surface area contributed by atoms with Gasteiger partial charge in [-0.1, -0.05) is 24.0 Å². The number of carboxylic acids is 1. The lowest BCUT2D eigenvalue weighted by molar-refractivity contribution is 0.0691. The lowest BCUT2D eigenvalue weighted by Crippen LogP contribution is -2.11. The molecule has 1 aromatic heterocycles. The minimum atomic E-state index is -1.16. The molecule has 0 aliphatic rings. The van der Waals surface area contributed by atoms with Gasteiger partial charge < -0.3 is 15.5 Å². The molecule has 0 aliphatic heterocycles. The number of hydrogen-bond acceptors (Lipinski definition) is 5. The van der Waals surface area contributed by atoms with Gasteiger partial charge in [-0.05, 0) is 12.1 Å². The number of aliphatic hydroxyl groups is 1. The number of aromatic carboxylic acids is 1. The van der Waals surface area contributed by atoms with Crippen LogP contribution in [0.3, 0.4) is 0 Å². The van der Waals surface area contributed by atoms with Crippen LogP contribution in [0.15, 0.2) is 24.3 Å². The number of aliphatic hydroxyl groups excluding tert-OH is 1. The molecular weight excluding hydrogens is 246 g/mol. The molecular formula is C13H11N3O3. The maximum atomic E-state index is 11.1. The van der Waals surface area contributed by atoms with Gasteiger partial charge in [-0.15, -0.1) is 0 Å². The number of nitrogens with one attached hydrogen (secondary N) is 1. The third-order valence-electron chi connectivity index (χ3n) is 2.32. The van der Waals surface area contributed by atoms with E-state index in [9.17, 15) is 4.79 Å². The summed E-state index contributed by atoms with van der Waals surface area (Å²) in [7, 11) is 0. The van der Waals surface area contributed by atoms with Crippen LogP contribution in [0.1, 0.15) is 10.5 Å². The summed E-state index contributed by atoms with van der Waals surface area (Å²) < 4.78 is 0. The Morgan fingerprint density at radius 2 is 1.89 bits per heavy atom. The van der Waals surface area contributed by atoms with Gasteiger partial charge in [0.25, 0.3) is 0 Å². The molecule has 1 aromatic carbocycles. The largest absolute Gasteiger partial charge is 0.476 e. The molecule has 0 saturated heterocycles. The number of aromatic nitrogens is 2. The van der Waals surface area contributed by atoms with Crippen LogP contribution in [0, 0.1) is 11.8 Å². The van der Waals surface area contributed by atoms with Crippen molar-refractivity contribution in [1.82, 2.24) is 9.97 Å². The number of rotatable bonds is 3. The van der Waals surface area contributed by atoms with E-state index in [1.807, 2.05) is 0 Å². The zero-order valence-electron chi connectivity index (χ0n) is 9.92. The van der Waals surface area contributed by atoms with Crippen molar-refractivity contribution < 1.29 is 15.0 Å². The molecule has 0 amide bonds. The molecule has 0 unspecified atom stereocenters. The molecule has 19 heavy (non-hydrogen) atoms. The van der Waals surface area contributed by atoms with E-state index < -0.39 is 5.97 Å². The van der Waals surface area contributed by atoms with Gasteiger partial charge in [-0.25, -0.2) is 14.8 Å². The number of carboxylic acid groups (broad SMARTS) is 1. The topological polar surface area (TPSA) is 95.3 Å². The molecule has 6 heteroatoms. The van der Waals surface area contributed by atoms with Crippen LogP contribution >= 0.6 is 0 Å². The third kappa shape index (κ3) is 2.97. The smallest absolute Gasteiger partial charge is 0.358 e. The zero-order valence-corrected chi connectivity index (χ0v) is 9.92. The van der Waals surface area contributed by atoms with E-state index >= 15 is 0 Å². The molecule has 3 N–H and O–H groups in total. The molecule has 0 fully saturated rings. The van der Waals surface area contributed by atoms with Gasteiger partial charge in [0.2, 0.25) is 0 Å². The third-order valence-corrected chi connectivity index (χ3v) is 2.32. The molecule has 0 radical (unpaired) electrons. The van der Waals surface area contributed by atoms with Gasteiger partial charge in [-0.3, -0.25) is 0 Å². The number of nitrogens with zero attached hydrogens (tertiary/aromatic N) is 2. The molecule has 0 atom stereocenters. The fourth-order valence-corrected chi connectivity index (χ4v) is 1.52. The summed E-state index contributed by atoms with van der Waals surface area (Å²) in [6.07, 6.45) is 0. The zero-order chi connectivity index (χ0) is 13.7. The number of fused-ring (bicyclic) bond motifs is 1. The van der Waals surface area contributed by atoms with E-state index in [2.05, 4.69) is 27.1 Å². The van der Waals surface area contributed by atoms with Crippen molar-refractivity contribution in [1.29, 1.82) is 0 Å². The molecule has 6 nitrogen and oxygen atoms in total. The molecule has 0 aliphatic carbocycles. The average molecular weight is 257 g/mol. The second-order valence-corrected chi connectivity index (χ2v) is 3.58. The Hall–Kier alpha value is -2.65. The van der Waals surface area contributed by atoms with Crippen LogP contribution in [-0.2, 0) is 0 Å². The Labute approximate surface area is 109 Å². The summed E-state index contributed by atoms with van der Waals surface area (Å²) in [5.74, 6) is 4.09. The average Bonchev–Trinajstić information content (AvgIpc) is 2.42. The first-order chi connectivity index (χ1) is 9.22. The summed E-state index contributed by atoms with van der Waals surface area (Å²) in [6, 6.07) is 7.01. The van der Waals surface area contributed by atoms with Crippen LogP contribution < -0.4 is 5.32 Å². The standard InChI is InChI=1S/C13H11N3O3/c17-8-4-3-7-14-12-11(13(18)19)15-9-5-1-2-6-10(9)16-12/h1-2,5-6,17H,7-8H2,(H,14,16)(H,18,19). The summed E-state index contributed by atoms with van der Waals surface area (Å²) >= 11 is 0. The van der Waals surface area contributed by atoms with Crippen LogP contribution in [0.2, 0.25) is 0 Å². The van der Waals surface area contributed by atoms with E-state index in [4.69, 9.17) is 10.2 Å². The number of hydrogen-bond donors (Lipinski definition) is 3. The van der Waals surface area contributed by atoms with Crippen LogP contribution in [0.25, 0.3) is 11.0 Å². The Balaban J connectivity index is 2.39. The van der Waals surface area contributed by atoms with Crippen LogP contribution in [0.4, 0.5) is 5.82 Å². The van der Waals surface area contributed by atoms with Gasteiger partial charge in [0.1, 0.15) is 6.61 Å². The highest BCUT2D eigenvalue weighted by molar-refractivity contribution is 5.93. The first kappa shape index (κ1) is 12.8. The van der Waals surface area contributed by atoms with Gasteiger partial charge in [0, 0.05) is 0 Å². The van der Waals surface area contributed by atoms with Gasteiger partial charge in [0.15, 0.2) is 11.5 Å². The van der Waals surface area contributed by atoms with Crippen molar-refractivity contribution in [3.63, 3.8) is 0 Å². The minimum Gasteiger partial charge on any atom is -0.476 e. The number of carbonyl (C=O) groups is 1. The van der Waals surface area contributed by atoms with Crippen molar-refractivity contribution in [3.8, 4) is 11.8 Å². The van der Waals surface area contributed by atoms with E-state index in [1.54, 1.807) is 24.3 Å². The molecule has 1 heterocycles. The molecule has 0 spiro atoms. The monoisotopic (exact) mass is 257 g/mol. The van der Waals surface area contributed by atoms with Crippen molar-refractivity contribution in [2.24, 2.45) is 0 Å². The predicted octanol–water partition coefficient (Wildman–Crippen LogP) is 0.736. The molecule has 96 valence electrons. The molecule has 0 saturated carbocycles. The Morgan fingerprint density at radius 1 is 1.21 bits per heavy atom. The SMILES string of the molecule is O=C(O)c1nc2ccccc2nc1NCC#CCO. The first-order valence-corrected chi connectivity index (χ1v) is 5.53. The second kappa shape index (κ2) is 5.80. The van der Waals surface area contributed by atoms with Crippen molar-refractivity contribution in [2.45, 2.75) is 0 Å². The quantitative estimate of drug-likeness (QED) is 0.702. The van der Waals surface area contributed by atoms with E-state index in [0.717, 1.165) is 0 Å². The Kier molecular flexibility index (Phi) is 3.90. The first-order valence-electron chi connectivity index (χ1n) is 5.53. The molecule has 2 rings (SSSR count). The van der Waals surface area contributed by atoms with Gasteiger partial charge in [-0.2, -0.15) is 0 Å². The van der Waals surface area contributed by atoms with Gasteiger partial charge in [0.05, 0.1) is 17.6 Å². The van der Waals surface area contributed by atoms with E-state index in [-0.39, 0.29) is 24.7 Å². The van der Waals surface area contributed by atoms with Crippen LogP contribution in [-0.4, -0.2) is 39.3 Å². The fourth-order valence-electron chi connectivity index (χ4n) is 1.52. The maximum absolute atomic E-state index is 11.1. The minimum absolute atomic E-state index is 0.149. The lowest BCUT2D eigenvalue weighted by atomic mass is 10.3. The summed E-state index contributed by atoms with van der Waals surface area (Å²) in [5, 5.41) is 20.4. The highest BCUT2D eigenvalue weighted by Crippen LogP contribution is 2.16. The highest BCUT2D eigenvalue weighted by Gasteiger charge is 2.14. The summed E-state index contributed by atoms with van der Waals surface area (Å²) in [6.45, 7) is -0.0509. The van der Waals surface area contributed by atoms with Crippen molar-refractivity contribution in [2.75, 3.05) is 18.5 Å². The Morgan fingerprint density at radius 3 is 2.53 bits per heavy atom.